The molecule has 7 atom stereocenters. The molecule has 0 aromatic rings. The molecule has 3 fully saturated rings. The minimum absolute atomic E-state index is 0.213. The molecule has 0 aromatic heterocycles. The van der Waals surface area contributed by atoms with Crippen LogP contribution in [0.15, 0.2) is 35.5 Å². The first-order chi connectivity index (χ1) is 13.7. The van der Waals surface area contributed by atoms with Gasteiger partial charge in [0.2, 0.25) is 0 Å². The molecule has 0 amide bonds. The summed E-state index contributed by atoms with van der Waals surface area (Å²) in [4.78, 5) is 0. The zero-order valence-electron chi connectivity index (χ0n) is 20.0. The molecule has 0 saturated heterocycles. The van der Waals surface area contributed by atoms with Crippen LogP contribution in [0.25, 0.3) is 0 Å². The van der Waals surface area contributed by atoms with E-state index in [0.29, 0.717) is 23.2 Å². The summed E-state index contributed by atoms with van der Waals surface area (Å²) >= 11 is 0. The van der Waals surface area contributed by atoms with Crippen molar-refractivity contribution in [2.24, 2.45) is 40.9 Å². The van der Waals surface area contributed by atoms with Crippen molar-refractivity contribution in [3.63, 3.8) is 0 Å². The fourth-order valence-corrected chi connectivity index (χ4v) is 6.61. The van der Waals surface area contributed by atoms with Gasteiger partial charge in [0.1, 0.15) is 0 Å². The molecule has 2 unspecified atom stereocenters. The summed E-state index contributed by atoms with van der Waals surface area (Å²) in [6.45, 7) is 14.3. The number of aliphatic hydroxyl groups excluding tert-OH is 1. The zero-order chi connectivity index (χ0) is 21.2. The summed E-state index contributed by atoms with van der Waals surface area (Å²) in [7, 11) is 0. The van der Waals surface area contributed by atoms with Gasteiger partial charge in [0.15, 0.2) is 0 Å². The smallest absolute Gasteiger partial charge is 0.0755 e. The predicted octanol–water partition coefficient (Wildman–Crippen LogP) is 7.72. The van der Waals surface area contributed by atoms with E-state index in [4.69, 9.17) is 0 Å². The zero-order valence-corrected chi connectivity index (χ0v) is 20.0. The van der Waals surface area contributed by atoms with Crippen LogP contribution in [0.4, 0.5) is 0 Å². The third-order valence-corrected chi connectivity index (χ3v) is 9.00. The molecule has 0 aromatic carbocycles. The first-order valence-electron chi connectivity index (χ1n) is 12.5. The van der Waals surface area contributed by atoms with Crippen molar-refractivity contribution in [3.05, 3.63) is 35.5 Å². The maximum Gasteiger partial charge on any atom is 0.0755 e. The second kappa shape index (κ2) is 9.54. The molecule has 0 bridgehead atoms. The van der Waals surface area contributed by atoms with Crippen molar-refractivity contribution in [2.75, 3.05) is 0 Å². The fraction of sp³-hybridized carbons (Fsp3) is 0.786. The molecule has 1 nitrogen and oxygen atoms in total. The van der Waals surface area contributed by atoms with Crippen LogP contribution in [0.1, 0.15) is 92.9 Å². The maximum atomic E-state index is 10.5. The molecule has 164 valence electrons. The Balaban J connectivity index is 1.76. The van der Waals surface area contributed by atoms with Crippen LogP contribution in [-0.4, -0.2) is 11.2 Å². The van der Waals surface area contributed by atoms with E-state index in [0.717, 1.165) is 24.2 Å². The van der Waals surface area contributed by atoms with E-state index in [1.54, 1.807) is 5.57 Å². The molecule has 0 radical (unpaired) electrons. The summed E-state index contributed by atoms with van der Waals surface area (Å²) in [6.07, 6.45) is 19.6. The Morgan fingerprint density at radius 3 is 2.41 bits per heavy atom. The largest absolute Gasteiger partial charge is 0.389 e. The number of aliphatic hydroxyl groups is 1. The van der Waals surface area contributed by atoms with Crippen LogP contribution >= 0.6 is 0 Å². The van der Waals surface area contributed by atoms with Crippen molar-refractivity contribution in [1.29, 1.82) is 0 Å². The first-order valence-corrected chi connectivity index (χ1v) is 12.5. The molecule has 1 heteroatoms. The van der Waals surface area contributed by atoms with Crippen LogP contribution in [0, 0.1) is 40.9 Å². The monoisotopic (exact) mass is 398 g/mol. The molecule has 1 N–H and O–H groups in total. The van der Waals surface area contributed by atoms with E-state index in [1.165, 1.54) is 50.5 Å². The fourth-order valence-electron chi connectivity index (χ4n) is 6.61. The number of hydrogen-bond donors (Lipinski definition) is 1. The Hall–Kier alpha value is -0.820. The number of rotatable bonds is 5. The van der Waals surface area contributed by atoms with Gasteiger partial charge < -0.3 is 5.11 Å². The minimum atomic E-state index is -0.213. The average Bonchev–Trinajstić information content (AvgIpc) is 3.03. The third kappa shape index (κ3) is 4.92. The van der Waals surface area contributed by atoms with Crippen molar-refractivity contribution >= 4 is 0 Å². The Labute approximate surface area is 180 Å². The maximum absolute atomic E-state index is 10.5. The van der Waals surface area contributed by atoms with Crippen molar-refractivity contribution in [3.8, 4) is 0 Å². The molecule has 3 rings (SSSR count). The van der Waals surface area contributed by atoms with E-state index in [1.807, 2.05) is 0 Å². The highest BCUT2D eigenvalue weighted by molar-refractivity contribution is 5.28. The first kappa shape index (κ1) is 22.9. The van der Waals surface area contributed by atoms with Gasteiger partial charge in [-0.15, -0.1) is 0 Å². The van der Waals surface area contributed by atoms with E-state index in [2.05, 4.69) is 65.8 Å². The van der Waals surface area contributed by atoms with Crippen molar-refractivity contribution < 1.29 is 5.11 Å². The van der Waals surface area contributed by atoms with Crippen LogP contribution in [-0.2, 0) is 0 Å². The minimum Gasteiger partial charge on any atom is -0.389 e. The Bertz CT molecular complexity index is 627. The lowest BCUT2D eigenvalue weighted by Crippen LogP contribution is -2.35. The van der Waals surface area contributed by atoms with Gasteiger partial charge in [-0.05, 0) is 97.9 Å². The highest BCUT2D eigenvalue weighted by atomic mass is 16.3. The molecule has 29 heavy (non-hydrogen) atoms. The number of allylic oxidation sites excluding steroid dienone is 5. The molecule has 3 saturated carbocycles. The Morgan fingerprint density at radius 2 is 1.72 bits per heavy atom. The number of hydrogen-bond acceptors (Lipinski definition) is 1. The lowest BCUT2D eigenvalue weighted by Gasteiger charge is -2.44. The predicted molar refractivity (Wildman–Crippen MR) is 126 cm³/mol. The van der Waals surface area contributed by atoms with Gasteiger partial charge in [-0.2, -0.15) is 0 Å². The van der Waals surface area contributed by atoms with Crippen LogP contribution in [0.5, 0.6) is 0 Å². The van der Waals surface area contributed by atoms with Crippen LogP contribution in [0.2, 0.25) is 0 Å². The van der Waals surface area contributed by atoms with E-state index >= 15 is 0 Å². The van der Waals surface area contributed by atoms with Gasteiger partial charge >= 0.3 is 0 Å². The van der Waals surface area contributed by atoms with E-state index in [-0.39, 0.29) is 6.10 Å². The normalized spacial score (nSPS) is 40.7. The third-order valence-electron chi connectivity index (χ3n) is 9.00. The summed E-state index contributed by atoms with van der Waals surface area (Å²) < 4.78 is 0. The van der Waals surface area contributed by atoms with Gasteiger partial charge in [0.05, 0.1) is 6.10 Å². The topological polar surface area (TPSA) is 20.2 Å². The molecule has 0 heterocycles. The summed E-state index contributed by atoms with van der Waals surface area (Å²) in [5, 5.41) is 10.5. The van der Waals surface area contributed by atoms with Crippen molar-refractivity contribution in [2.45, 2.75) is 99.0 Å². The second-order valence-electron chi connectivity index (χ2n) is 11.2. The average molecular weight is 399 g/mol. The lowest BCUT2D eigenvalue weighted by molar-refractivity contribution is 0.112. The Morgan fingerprint density at radius 1 is 0.966 bits per heavy atom. The highest BCUT2D eigenvalue weighted by Gasteiger charge is 2.50. The van der Waals surface area contributed by atoms with Gasteiger partial charge in [-0.25, -0.2) is 0 Å². The van der Waals surface area contributed by atoms with Crippen LogP contribution in [0.3, 0.4) is 0 Å². The van der Waals surface area contributed by atoms with E-state index in [9.17, 15) is 5.11 Å². The highest BCUT2D eigenvalue weighted by Crippen LogP contribution is 2.59. The van der Waals surface area contributed by atoms with Gasteiger partial charge in [0.25, 0.3) is 0 Å². The second-order valence-corrected chi connectivity index (χ2v) is 11.2. The van der Waals surface area contributed by atoms with Crippen LogP contribution < -0.4 is 0 Å². The van der Waals surface area contributed by atoms with Crippen molar-refractivity contribution in [1.82, 2.24) is 0 Å². The quantitative estimate of drug-likeness (QED) is 0.470. The molecule has 3 aliphatic carbocycles. The molecular formula is C28H46O. The SMILES string of the molecule is CC(C)[C@@H](C)/C=C/[C@@H](C)C1CCC2/C(=C/C=C3\[C@@H](C)CCC[C@@H]3O)CCC[C@@]21C. The lowest BCUT2D eigenvalue weighted by atomic mass is 9.61. The standard InChI is InChI=1S/C28H46O/c1-19(2)20(3)12-13-22(5)25-16-17-26-23(10-8-18-28(25,26)6)14-15-24-21(4)9-7-11-27(24)29/h12-15,19-22,25-27,29H,7-11,16-18H2,1-6H3/b13-12+,23-14+,24-15+/t20-,21-,22+,25?,26?,27-,28+/m0/s1. The molecule has 0 aliphatic heterocycles. The summed E-state index contributed by atoms with van der Waals surface area (Å²) in [6, 6.07) is 0. The van der Waals surface area contributed by atoms with Gasteiger partial charge in [0, 0.05) is 0 Å². The molecular weight excluding hydrogens is 352 g/mol. The Kier molecular flexibility index (Phi) is 7.52. The van der Waals surface area contributed by atoms with E-state index < -0.39 is 0 Å². The molecule has 3 aliphatic rings. The number of fused-ring (bicyclic) bond motifs is 1. The summed E-state index contributed by atoms with van der Waals surface area (Å²) in [5.74, 6) is 4.14. The summed E-state index contributed by atoms with van der Waals surface area (Å²) in [5.41, 5.74) is 3.40. The van der Waals surface area contributed by atoms with Gasteiger partial charge in [-0.3, -0.25) is 0 Å². The van der Waals surface area contributed by atoms with Gasteiger partial charge in [-0.1, -0.05) is 71.4 Å². The molecule has 0 spiro atoms.